The van der Waals surface area contributed by atoms with E-state index in [2.05, 4.69) is 20.8 Å². The fraction of sp³-hybridized carbons (Fsp3) is 0.238. The third kappa shape index (κ3) is 5.23. The summed E-state index contributed by atoms with van der Waals surface area (Å²) in [6, 6.07) is 15.4. The van der Waals surface area contributed by atoms with Gasteiger partial charge in [-0.2, -0.15) is 0 Å². The Bertz CT molecular complexity index is 1020. The van der Waals surface area contributed by atoms with Crippen LogP contribution in [0.25, 0.3) is 11.4 Å². The molecule has 2 amide bonds. The summed E-state index contributed by atoms with van der Waals surface area (Å²) in [6.07, 6.45) is 0. The standard InChI is InChI=1S/C21H23N5O2S/c1-14-8-7-11-17(15(14)2)23-18(27)12-22-19(28)13-29-21-25-24-20(26(21)3)16-9-5-4-6-10-16/h4-11H,12-13H2,1-3H3,(H,22,28)(H,23,27). The lowest BCUT2D eigenvalue weighted by Gasteiger charge is -2.11. The van der Waals surface area contributed by atoms with Gasteiger partial charge in [0.1, 0.15) is 0 Å². The van der Waals surface area contributed by atoms with Crippen LogP contribution in [0.5, 0.6) is 0 Å². The summed E-state index contributed by atoms with van der Waals surface area (Å²) in [5.74, 6) is 0.385. The Morgan fingerprint density at radius 3 is 2.52 bits per heavy atom. The molecule has 1 aromatic heterocycles. The van der Waals surface area contributed by atoms with Crippen LogP contribution in [0.1, 0.15) is 11.1 Å². The number of nitrogens with zero attached hydrogens (tertiary/aromatic N) is 3. The van der Waals surface area contributed by atoms with Crippen molar-refractivity contribution in [2.24, 2.45) is 7.05 Å². The van der Waals surface area contributed by atoms with Crippen LogP contribution in [-0.2, 0) is 16.6 Å². The highest BCUT2D eigenvalue weighted by Gasteiger charge is 2.13. The Morgan fingerprint density at radius 1 is 1.00 bits per heavy atom. The molecule has 7 nitrogen and oxygen atoms in total. The second-order valence-electron chi connectivity index (χ2n) is 6.59. The first kappa shape index (κ1) is 20.6. The van der Waals surface area contributed by atoms with Gasteiger partial charge in [0, 0.05) is 18.3 Å². The van der Waals surface area contributed by atoms with E-state index in [0.29, 0.717) is 5.16 Å². The Labute approximate surface area is 173 Å². The molecule has 150 valence electrons. The average Bonchev–Trinajstić information content (AvgIpc) is 3.09. The maximum absolute atomic E-state index is 12.1. The number of carbonyl (C=O) groups is 2. The molecule has 0 spiro atoms. The molecule has 29 heavy (non-hydrogen) atoms. The highest BCUT2D eigenvalue weighted by molar-refractivity contribution is 7.99. The lowest BCUT2D eigenvalue weighted by atomic mass is 10.1. The highest BCUT2D eigenvalue weighted by atomic mass is 32.2. The Balaban J connectivity index is 1.49. The molecule has 1 heterocycles. The lowest BCUT2D eigenvalue weighted by Crippen LogP contribution is -2.34. The Hall–Kier alpha value is -3.13. The number of hydrogen-bond acceptors (Lipinski definition) is 5. The largest absolute Gasteiger partial charge is 0.346 e. The van der Waals surface area contributed by atoms with E-state index in [4.69, 9.17) is 0 Å². The van der Waals surface area contributed by atoms with Crippen LogP contribution >= 0.6 is 11.8 Å². The van der Waals surface area contributed by atoms with E-state index in [1.54, 1.807) is 0 Å². The summed E-state index contributed by atoms with van der Waals surface area (Å²) >= 11 is 1.28. The zero-order chi connectivity index (χ0) is 20.8. The monoisotopic (exact) mass is 409 g/mol. The fourth-order valence-electron chi connectivity index (χ4n) is 2.72. The molecule has 3 aromatic rings. The minimum atomic E-state index is -0.262. The molecule has 0 aliphatic heterocycles. The van der Waals surface area contributed by atoms with Crippen LogP contribution in [0.15, 0.2) is 53.7 Å². The number of nitrogens with one attached hydrogen (secondary N) is 2. The van der Waals surface area contributed by atoms with Crippen molar-refractivity contribution in [3.05, 3.63) is 59.7 Å². The van der Waals surface area contributed by atoms with Gasteiger partial charge in [-0.1, -0.05) is 54.2 Å². The molecule has 0 saturated heterocycles. The molecule has 0 bridgehead atoms. The van der Waals surface area contributed by atoms with Gasteiger partial charge in [-0.25, -0.2) is 0 Å². The number of aryl methyl sites for hydroxylation is 1. The molecule has 2 N–H and O–H groups in total. The molecule has 2 aromatic carbocycles. The normalized spacial score (nSPS) is 10.6. The van der Waals surface area contributed by atoms with Gasteiger partial charge in [0.05, 0.1) is 12.3 Å². The summed E-state index contributed by atoms with van der Waals surface area (Å²) in [5, 5.41) is 14.4. The van der Waals surface area contributed by atoms with Crippen molar-refractivity contribution < 1.29 is 9.59 Å². The Kier molecular flexibility index (Phi) is 6.66. The van der Waals surface area contributed by atoms with Gasteiger partial charge in [0.15, 0.2) is 11.0 Å². The molecular weight excluding hydrogens is 386 g/mol. The molecule has 3 rings (SSSR count). The molecule has 0 aliphatic rings. The van der Waals surface area contributed by atoms with Gasteiger partial charge in [-0.05, 0) is 31.0 Å². The van der Waals surface area contributed by atoms with Crippen molar-refractivity contribution in [2.75, 3.05) is 17.6 Å². The number of aromatic nitrogens is 3. The third-order valence-electron chi connectivity index (χ3n) is 4.52. The predicted octanol–water partition coefficient (Wildman–Crippen LogP) is 2.95. The van der Waals surface area contributed by atoms with E-state index in [0.717, 1.165) is 28.2 Å². The molecule has 0 aliphatic carbocycles. The minimum Gasteiger partial charge on any atom is -0.346 e. The molecule has 0 atom stereocenters. The van der Waals surface area contributed by atoms with Gasteiger partial charge < -0.3 is 15.2 Å². The molecule has 0 saturated carbocycles. The second kappa shape index (κ2) is 9.38. The number of anilines is 1. The summed E-state index contributed by atoms with van der Waals surface area (Å²) in [7, 11) is 1.86. The number of carbonyl (C=O) groups excluding carboxylic acids is 2. The van der Waals surface area contributed by atoms with Crippen molar-refractivity contribution in [1.82, 2.24) is 20.1 Å². The summed E-state index contributed by atoms with van der Waals surface area (Å²) < 4.78 is 1.85. The zero-order valence-corrected chi connectivity index (χ0v) is 17.4. The fourth-order valence-corrected chi connectivity index (χ4v) is 3.46. The predicted molar refractivity (Wildman–Crippen MR) is 115 cm³/mol. The van der Waals surface area contributed by atoms with E-state index >= 15 is 0 Å². The summed E-state index contributed by atoms with van der Waals surface area (Å²) in [6.45, 7) is 3.85. The quantitative estimate of drug-likeness (QED) is 0.586. The van der Waals surface area contributed by atoms with E-state index < -0.39 is 0 Å². The highest BCUT2D eigenvalue weighted by Crippen LogP contribution is 2.22. The summed E-state index contributed by atoms with van der Waals surface area (Å²) in [4.78, 5) is 24.2. The van der Waals surface area contributed by atoms with Gasteiger partial charge in [-0.15, -0.1) is 10.2 Å². The maximum Gasteiger partial charge on any atom is 0.243 e. The number of hydrogen-bond donors (Lipinski definition) is 2. The number of amides is 2. The number of thioether (sulfide) groups is 1. The summed E-state index contributed by atoms with van der Waals surface area (Å²) in [5.41, 5.74) is 3.83. The average molecular weight is 410 g/mol. The van der Waals surface area contributed by atoms with Crippen LogP contribution in [0.4, 0.5) is 5.69 Å². The van der Waals surface area contributed by atoms with Crippen LogP contribution in [0.3, 0.4) is 0 Å². The molecule has 0 fully saturated rings. The van der Waals surface area contributed by atoms with Crippen LogP contribution in [0, 0.1) is 13.8 Å². The van der Waals surface area contributed by atoms with Crippen molar-refractivity contribution >= 4 is 29.3 Å². The molecular formula is C21H23N5O2S. The number of rotatable bonds is 7. The first-order chi connectivity index (χ1) is 14.0. The van der Waals surface area contributed by atoms with Crippen LogP contribution in [0.2, 0.25) is 0 Å². The molecule has 0 radical (unpaired) electrons. The van der Waals surface area contributed by atoms with Crippen molar-refractivity contribution in [3.63, 3.8) is 0 Å². The smallest absolute Gasteiger partial charge is 0.243 e. The van der Waals surface area contributed by atoms with Gasteiger partial charge in [0.25, 0.3) is 0 Å². The van der Waals surface area contributed by atoms with Crippen molar-refractivity contribution in [2.45, 2.75) is 19.0 Å². The maximum atomic E-state index is 12.1. The van der Waals surface area contributed by atoms with Gasteiger partial charge in [0.2, 0.25) is 11.8 Å². The van der Waals surface area contributed by atoms with E-state index in [1.165, 1.54) is 11.8 Å². The third-order valence-corrected chi connectivity index (χ3v) is 5.54. The minimum absolute atomic E-state index is 0.0825. The topological polar surface area (TPSA) is 88.9 Å². The first-order valence-corrected chi connectivity index (χ1v) is 10.1. The van der Waals surface area contributed by atoms with Gasteiger partial charge in [-0.3, -0.25) is 9.59 Å². The van der Waals surface area contributed by atoms with Gasteiger partial charge >= 0.3 is 0 Å². The Morgan fingerprint density at radius 2 is 1.76 bits per heavy atom. The van der Waals surface area contributed by atoms with Crippen LogP contribution < -0.4 is 10.6 Å². The zero-order valence-electron chi connectivity index (χ0n) is 16.6. The van der Waals surface area contributed by atoms with E-state index in [9.17, 15) is 9.59 Å². The molecule has 0 unspecified atom stereocenters. The van der Waals surface area contributed by atoms with E-state index in [-0.39, 0.29) is 24.1 Å². The van der Waals surface area contributed by atoms with Crippen LogP contribution in [-0.4, -0.2) is 38.9 Å². The van der Waals surface area contributed by atoms with Crippen molar-refractivity contribution in [3.8, 4) is 11.4 Å². The number of benzene rings is 2. The van der Waals surface area contributed by atoms with Crippen molar-refractivity contribution in [1.29, 1.82) is 0 Å². The lowest BCUT2D eigenvalue weighted by molar-refractivity contribution is -0.122. The second-order valence-corrected chi connectivity index (χ2v) is 7.53. The first-order valence-electron chi connectivity index (χ1n) is 9.16. The molecule has 8 heteroatoms. The van der Waals surface area contributed by atoms with E-state index in [1.807, 2.05) is 74.0 Å². The SMILES string of the molecule is Cc1cccc(NC(=O)CNC(=O)CSc2nnc(-c3ccccc3)n2C)c1C.